The summed E-state index contributed by atoms with van der Waals surface area (Å²) >= 11 is 0. The summed E-state index contributed by atoms with van der Waals surface area (Å²) in [5, 5.41) is 17.0. The highest BCUT2D eigenvalue weighted by molar-refractivity contribution is 5.77. The number of alkyl halides is 2. The van der Waals surface area contributed by atoms with Gasteiger partial charge in [-0.15, -0.1) is 6.58 Å². The highest BCUT2D eigenvalue weighted by Crippen LogP contribution is 2.28. The molecule has 36 heavy (non-hydrogen) atoms. The van der Waals surface area contributed by atoms with Gasteiger partial charge in [0.15, 0.2) is 17.1 Å². The molecule has 0 saturated heterocycles. The minimum atomic E-state index is -3.05. The normalized spacial score (nSPS) is 15.0. The Balaban J connectivity index is 1.62. The van der Waals surface area contributed by atoms with Crippen molar-refractivity contribution in [3.05, 3.63) is 82.4 Å². The predicted molar refractivity (Wildman–Crippen MR) is 132 cm³/mol. The average molecular weight is 494 g/mol. The number of aromatic nitrogens is 5. The molecule has 0 amide bonds. The Morgan fingerprint density at radius 3 is 2.89 bits per heavy atom. The lowest BCUT2D eigenvalue weighted by atomic mass is 10.0. The molecule has 5 rings (SSSR count). The van der Waals surface area contributed by atoms with Crippen LogP contribution in [0.5, 0.6) is 0 Å². The Morgan fingerprint density at radius 2 is 2.11 bits per heavy atom. The first-order valence-corrected chi connectivity index (χ1v) is 11.5. The van der Waals surface area contributed by atoms with Gasteiger partial charge < -0.3 is 15.7 Å². The second-order valence-electron chi connectivity index (χ2n) is 8.78. The molecular weight excluding hydrogens is 468 g/mol. The quantitative estimate of drug-likeness (QED) is 0.340. The predicted octanol–water partition coefficient (Wildman–Crippen LogP) is 3.03. The van der Waals surface area contributed by atoms with Crippen LogP contribution in [0.1, 0.15) is 23.7 Å². The molecule has 11 heteroatoms. The number of anilines is 2. The van der Waals surface area contributed by atoms with Crippen molar-refractivity contribution in [2.45, 2.75) is 38.5 Å². The molecule has 1 aliphatic rings. The number of aliphatic hydroxyl groups is 1. The van der Waals surface area contributed by atoms with Crippen LogP contribution in [-0.4, -0.2) is 42.4 Å². The van der Waals surface area contributed by atoms with Crippen LogP contribution >= 0.6 is 0 Å². The summed E-state index contributed by atoms with van der Waals surface area (Å²) in [6.07, 6.45) is 0.816. The Bertz CT molecular complexity index is 1510. The fourth-order valence-corrected chi connectivity index (χ4v) is 4.23. The number of nitrogens with one attached hydrogen (secondary N) is 2. The topological polar surface area (TPSA) is 110 Å². The molecule has 0 saturated carbocycles. The van der Waals surface area contributed by atoms with E-state index in [2.05, 4.69) is 38.2 Å². The molecule has 1 aromatic carbocycles. The maximum atomic E-state index is 13.5. The second kappa shape index (κ2) is 9.25. The van der Waals surface area contributed by atoms with Crippen LogP contribution in [0.3, 0.4) is 0 Å². The number of pyridine rings is 1. The number of hydrogen-bond acceptors (Lipinski definition) is 7. The molecule has 4 heterocycles. The van der Waals surface area contributed by atoms with Crippen LogP contribution in [0.25, 0.3) is 16.9 Å². The van der Waals surface area contributed by atoms with Gasteiger partial charge in [0.1, 0.15) is 5.39 Å². The van der Waals surface area contributed by atoms with E-state index in [9.17, 15) is 18.7 Å². The van der Waals surface area contributed by atoms with Crippen molar-refractivity contribution >= 4 is 22.7 Å². The maximum absolute atomic E-state index is 13.5. The molecule has 1 unspecified atom stereocenters. The lowest BCUT2D eigenvalue weighted by Crippen LogP contribution is -2.32. The summed E-state index contributed by atoms with van der Waals surface area (Å²) in [6, 6.07) is 10.4. The lowest BCUT2D eigenvalue weighted by Gasteiger charge is -2.22. The van der Waals surface area contributed by atoms with E-state index in [1.165, 1.54) is 44.9 Å². The van der Waals surface area contributed by atoms with E-state index in [4.69, 9.17) is 0 Å². The molecule has 0 fully saturated rings. The lowest BCUT2D eigenvalue weighted by molar-refractivity contribution is -0.0910. The fraction of sp³-hybridized carbons (Fsp3) is 0.280. The third-order valence-corrected chi connectivity index (χ3v) is 6.22. The highest BCUT2D eigenvalue weighted by Gasteiger charge is 2.36. The molecule has 0 bridgehead atoms. The van der Waals surface area contributed by atoms with E-state index in [1.807, 2.05) is 12.1 Å². The van der Waals surface area contributed by atoms with Crippen LogP contribution in [0.2, 0.25) is 0 Å². The van der Waals surface area contributed by atoms with Crippen molar-refractivity contribution in [2.24, 2.45) is 0 Å². The zero-order valence-electron chi connectivity index (χ0n) is 19.6. The smallest absolute Gasteiger partial charge is 0.278 e. The van der Waals surface area contributed by atoms with E-state index in [0.29, 0.717) is 0 Å². The number of allylic oxidation sites excluding steroid dienone is 1. The van der Waals surface area contributed by atoms with Gasteiger partial charge >= 0.3 is 0 Å². The SMILES string of the molecule is C=CCn1c(=O)c2cnc(Nc3ccc4c(c3)CCNC4)nc2n1-c1cccc(C(C)(O)C(F)F)n1. The van der Waals surface area contributed by atoms with Crippen molar-refractivity contribution in [1.29, 1.82) is 0 Å². The van der Waals surface area contributed by atoms with E-state index in [1.54, 1.807) is 6.07 Å². The number of rotatable bonds is 7. The third kappa shape index (κ3) is 4.16. The van der Waals surface area contributed by atoms with Crippen LogP contribution in [0, 0.1) is 0 Å². The molecule has 9 nitrogen and oxygen atoms in total. The first-order valence-electron chi connectivity index (χ1n) is 11.5. The summed E-state index contributed by atoms with van der Waals surface area (Å²) in [7, 11) is 0. The minimum Gasteiger partial charge on any atom is -0.378 e. The molecule has 0 radical (unpaired) electrons. The standard InChI is InChI=1S/C25H25F2N7O2/c1-3-11-33-22(35)18-14-29-24(30-17-8-7-16-13-28-10-9-15(16)12-17)32-21(18)34(33)20-6-4-5-19(31-20)25(2,36)23(26)27/h3-8,12,14,23,28,36H,1,9-11,13H2,2H3,(H,29,30,32). The van der Waals surface area contributed by atoms with Crippen molar-refractivity contribution < 1.29 is 13.9 Å². The molecule has 0 aliphatic carbocycles. The molecule has 0 spiro atoms. The Labute approximate surface area is 205 Å². The third-order valence-electron chi connectivity index (χ3n) is 6.22. The molecular formula is C25H25F2N7O2. The number of hydrogen-bond donors (Lipinski definition) is 3. The zero-order chi connectivity index (χ0) is 25.4. The van der Waals surface area contributed by atoms with Crippen LogP contribution < -0.4 is 16.2 Å². The van der Waals surface area contributed by atoms with Gasteiger partial charge in [0, 0.05) is 18.4 Å². The summed E-state index contributed by atoms with van der Waals surface area (Å²) in [5.74, 6) is 0.407. The zero-order valence-corrected chi connectivity index (χ0v) is 19.6. The molecule has 4 aromatic rings. The van der Waals surface area contributed by atoms with Gasteiger partial charge in [-0.05, 0) is 55.3 Å². The summed E-state index contributed by atoms with van der Waals surface area (Å²) in [6.45, 7) is 6.55. The van der Waals surface area contributed by atoms with Crippen molar-refractivity contribution in [1.82, 2.24) is 29.6 Å². The monoisotopic (exact) mass is 493 g/mol. The molecule has 1 atom stereocenters. The summed E-state index contributed by atoms with van der Waals surface area (Å²) in [5.41, 5.74) is 0.443. The van der Waals surface area contributed by atoms with E-state index >= 15 is 0 Å². The maximum Gasteiger partial charge on any atom is 0.278 e. The minimum absolute atomic E-state index is 0.119. The summed E-state index contributed by atoms with van der Waals surface area (Å²) in [4.78, 5) is 26.3. The van der Waals surface area contributed by atoms with Crippen molar-refractivity contribution in [3.63, 3.8) is 0 Å². The van der Waals surface area contributed by atoms with Crippen LogP contribution in [0.15, 0.2) is 60.0 Å². The molecule has 3 aromatic heterocycles. The largest absolute Gasteiger partial charge is 0.378 e. The van der Waals surface area contributed by atoms with Gasteiger partial charge in [-0.3, -0.25) is 4.79 Å². The molecule has 1 aliphatic heterocycles. The van der Waals surface area contributed by atoms with Crippen molar-refractivity contribution in [3.8, 4) is 5.82 Å². The van der Waals surface area contributed by atoms with Gasteiger partial charge in [-0.25, -0.2) is 28.1 Å². The van der Waals surface area contributed by atoms with Gasteiger partial charge in [0.2, 0.25) is 5.95 Å². The molecule has 186 valence electrons. The van der Waals surface area contributed by atoms with Gasteiger partial charge in [-0.1, -0.05) is 18.2 Å². The number of halogens is 2. The average Bonchev–Trinajstić information content (AvgIpc) is 3.15. The van der Waals surface area contributed by atoms with E-state index in [0.717, 1.165) is 32.1 Å². The Kier molecular flexibility index (Phi) is 6.10. The summed E-state index contributed by atoms with van der Waals surface area (Å²) < 4.78 is 29.7. The first kappa shape index (κ1) is 23.8. The van der Waals surface area contributed by atoms with Crippen LogP contribution in [0.4, 0.5) is 20.4 Å². The van der Waals surface area contributed by atoms with Crippen LogP contribution in [-0.2, 0) is 25.1 Å². The first-order chi connectivity index (χ1) is 17.3. The fourth-order valence-electron chi connectivity index (χ4n) is 4.23. The van der Waals surface area contributed by atoms with E-state index < -0.39 is 12.0 Å². The van der Waals surface area contributed by atoms with Crippen molar-refractivity contribution in [2.75, 3.05) is 11.9 Å². The number of nitrogens with zero attached hydrogens (tertiary/aromatic N) is 5. The van der Waals surface area contributed by atoms with E-state index in [-0.39, 0.29) is 40.6 Å². The van der Waals surface area contributed by atoms with Gasteiger partial charge in [0.25, 0.3) is 12.0 Å². The van der Waals surface area contributed by atoms with Gasteiger partial charge in [-0.2, -0.15) is 4.98 Å². The highest BCUT2D eigenvalue weighted by atomic mass is 19.3. The second-order valence-corrected chi connectivity index (χ2v) is 8.78. The Morgan fingerprint density at radius 1 is 1.28 bits per heavy atom. The molecule has 3 N–H and O–H groups in total. The number of fused-ring (bicyclic) bond motifs is 2. The Hall–Kier alpha value is -3.96. The van der Waals surface area contributed by atoms with Gasteiger partial charge in [0.05, 0.1) is 12.2 Å². The number of benzene rings is 1.